The number of aryl methyl sites for hydroxylation is 1. The van der Waals surface area contributed by atoms with Crippen LogP contribution in [0.4, 0.5) is 13.2 Å². The van der Waals surface area contributed by atoms with Crippen molar-refractivity contribution in [2.45, 2.75) is 25.9 Å². The normalized spacial score (nSPS) is 17.9. The Morgan fingerprint density at radius 2 is 1.91 bits per heavy atom. The van der Waals surface area contributed by atoms with E-state index in [-0.39, 0.29) is 5.56 Å². The first-order valence-electron chi connectivity index (χ1n) is 11.0. The van der Waals surface area contributed by atoms with Crippen LogP contribution >= 0.6 is 0 Å². The summed E-state index contributed by atoms with van der Waals surface area (Å²) in [4.78, 5) is 11.9. The van der Waals surface area contributed by atoms with E-state index in [0.717, 1.165) is 53.2 Å². The van der Waals surface area contributed by atoms with Gasteiger partial charge in [0.15, 0.2) is 29.4 Å². The SMILES string of the molecule is COc1cc(C2=CC3=NO[C@@H](c4cc(F)c(F)c(F)c4)CN3CCC2)ccc1-n1cnc(C)c1. The Bertz CT molecular complexity index is 1280. The lowest BCUT2D eigenvalue weighted by Gasteiger charge is -2.31. The Balaban J connectivity index is 1.42. The number of allylic oxidation sites excluding steroid dienone is 1. The second-order valence-electron chi connectivity index (χ2n) is 8.37. The maximum Gasteiger partial charge on any atom is 0.194 e. The van der Waals surface area contributed by atoms with E-state index in [1.807, 2.05) is 46.9 Å². The van der Waals surface area contributed by atoms with E-state index in [1.165, 1.54) is 0 Å². The van der Waals surface area contributed by atoms with Crippen LogP contribution in [0.15, 0.2) is 54.1 Å². The fourth-order valence-electron chi connectivity index (χ4n) is 4.31. The van der Waals surface area contributed by atoms with Crippen LogP contribution in [0.2, 0.25) is 0 Å². The lowest BCUT2D eigenvalue weighted by molar-refractivity contribution is 0.0205. The van der Waals surface area contributed by atoms with E-state index in [2.05, 4.69) is 10.1 Å². The zero-order valence-corrected chi connectivity index (χ0v) is 18.8. The first-order valence-corrected chi connectivity index (χ1v) is 11.0. The molecule has 0 radical (unpaired) electrons. The molecule has 0 N–H and O–H groups in total. The molecule has 1 atom stereocenters. The van der Waals surface area contributed by atoms with Crippen molar-refractivity contribution in [2.24, 2.45) is 5.16 Å². The quantitative estimate of drug-likeness (QED) is 0.496. The third kappa shape index (κ3) is 4.13. The number of ether oxygens (including phenoxy) is 1. The van der Waals surface area contributed by atoms with E-state index in [4.69, 9.17) is 9.57 Å². The monoisotopic (exact) mass is 468 g/mol. The first kappa shape index (κ1) is 22.1. The lowest BCUT2D eigenvalue weighted by Crippen LogP contribution is -2.38. The van der Waals surface area contributed by atoms with Crippen molar-refractivity contribution >= 4 is 11.4 Å². The number of halogens is 3. The molecule has 0 aliphatic carbocycles. The average molecular weight is 468 g/mol. The molecule has 0 fully saturated rings. The van der Waals surface area contributed by atoms with Crippen LogP contribution in [0, 0.1) is 24.4 Å². The molecule has 176 valence electrons. The second-order valence-corrected chi connectivity index (χ2v) is 8.37. The van der Waals surface area contributed by atoms with Crippen molar-refractivity contribution < 1.29 is 22.7 Å². The van der Waals surface area contributed by atoms with E-state index >= 15 is 0 Å². The number of oxime groups is 1. The molecule has 6 nitrogen and oxygen atoms in total. The smallest absolute Gasteiger partial charge is 0.194 e. The molecule has 1 aromatic heterocycles. The molecule has 2 aliphatic rings. The highest BCUT2D eigenvalue weighted by atomic mass is 19.2. The van der Waals surface area contributed by atoms with Gasteiger partial charge >= 0.3 is 0 Å². The van der Waals surface area contributed by atoms with Crippen LogP contribution < -0.4 is 4.74 Å². The summed E-state index contributed by atoms with van der Waals surface area (Å²) in [5.41, 5.74) is 4.10. The van der Waals surface area contributed by atoms with Gasteiger partial charge in [-0.3, -0.25) is 0 Å². The fourth-order valence-corrected chi connectivity index (χ4v) is 4.31. The predicted octanol–water partition coefficient (Wildman–Crippen LogP) is 5.17. The first-order chi connectivity index (χ1) is 16.4. The summed E-state index contributed by atoms with van der Waals surface area (Å²) in [5.74, 6) is -2.61. The van der Waals surface area contributed by atoms with Gasteiger partial charge in [-0.25, -0.2) is 18.2 Å². The number of rotatable bonds is 4. The molecule has 9 heteroatoms. The predicted molar refractivity (Wildman–Crippen MR) is 121 cm³/mol. The molecule has 0 saturated heterocycles. The molecule has 2 aliphatic heterocycles. The molecule has 3 aromatic rings. The van der Waals surface area contributed by atoms with Crippen molar-refractivity contribution in [1.29, 1.82) is 0 Å². The Labute approximate surface area is 194 Å². The number of nitrogens with zero attached hydrogens (tertiary/aromatic N) is 4. The number of imidazole rings is 1. The third-order valence-corrected chi connectivity index (χ3v) is 6.08. The molecule has 0 spiro atoms. The minimum atomic E-state index is -1.49. The van der Waals surface area contributed by atoms with Crippen molar-refractivity contribution in [1.82, 2.24) is 14.5 Å². The van der Waals surface area contributed by atoms with Gasteiger partial charge in [-0.1, -0.05) is 11.2 Å². The molecule has 0 amide bonds. The molecule has 34 heavy (non-hydrogen) atoms. The van der Waals surface area contributed by atoms with Gasteiger partial charge in [0.2, 0.25) is 0 Å². The molecule has 2 aromatic carbocycles. The molecule has 3 heterocycles. The van der Waals surface area contributed by atoms with Gasteiger partial charge in [-0.2, -0.15) is 0 Å². The molecule has 0 saturated carbocycles. The highest BCUT2D eigenvalue weighted by molar-refractivity contribution is 6.00. The summed E-state index contributed by atoms with van der Waals surface area (Å²) >= 11 is 0. The van der Waals surface area contributed by atoms with Gasteiger partial charge in [-0.05, 0) is 61.2 Å². The summed E-state index contributed by atoms with van der Waals surface area (Å²) in [7, 11) is 1.63. The number of benzene rings is 2. The van der Waals surface area contributed by atoms with E-state index in [0.29, 0.717) is 18.9 Å². The number of hydrogen-bond donors (Lipinski definition) is 0. The Kier molecular flexibility index (Phi) is 5.77. The Morgan fingerprint density at radius 3 is 2.62 bits per heavy atom. The van der Waals surface area contributed by atoms with Gasteiger partial charge < -0.3 is 19.0 Å². The fraction of sp³-hybridized carbons (Fsp3) is 0.280. The minimum absolute atomic E-state index is 0.211. The summed E-state index contributed by atoms with van der Waals surface area (Å²) in [6.45, 7) is 2.99. The van der Waals surface area contributed by atoms with Gasteiger partial charge in [-0.15, -0.1) is 0 Å². The van der Waals surface area contributed by atoms with Crippen molar-refractivity contribution in [3.8, 4) is 11.4 Å². The van der Waals surface area contributed by atoms with Gasteiger partial charge in [0, 0.05) is 18.3 Å². The topological polar surface area (TPSA) is 51.9 Å². The summed E-state index contributed by atoms with van der Waals surface area (Å²) in [6, 6.07) is 7.93. The van der Waals surface area contributed by atoms with Crippen molar-refractivity contribution in [2.75, 3.05) is 20.2 Å². The van der Waals surface area contributed by atoms with E-state index < -0.39 is 23.6 Å². The zero-order chi connectivity index (χ0) is 23.8. The van der Waals surface area contributed by atoms with Crippen LogP contribution in [0.1, 0.15) is 35.8 Å². The number of aromatic nitrogens is 2. The number of methoxy groups -OCH3 is 1. The van der Waals surface area contributed by atoms with Gasteiger partial charge in [0.25, 0.3) is 0 Å². The highest BCUT2D eigenvalue weighted by Crippen LogP contribution is 2.33. The van der Waals surface area contributed by atoms with Gasteiger partial charge in [0.05, 0.1) is 31.4 Å². The maximum atomic E-state index is 13.7. The van der Waals surface area contributed by atoms with Crippen LogP contribution in [-0.4, -0.2) is 40.5 Å². The summed E-state index contributed by atoms with van der Waals surface area (Å²) < 4.78 is 48.3. The number of fused-ring (bicyclic) bond motifs is 1. The van der Waals surface area contributed by atoms with Crippen molar-refractivity contribution in [3.63, 3.8) is 0 Å². The van der Waals surface area contributed by atoms with Crippen LogP contribution in [0.5, 0.6) is 5.75 Å². The van der Waals surface area contributed by atoms with Crippen LogP contribution in [-0.2, 0) is 4.84 Å². The van der Waals surface area contributed by atoms with Crippen molar-refractivity contribution in [3.05, 3.63) is 83.2 Å². The molecular formula is C25H23F3N4O2. The molecule has 5 rings (SSSR count). The molecule has 0 unspecified atom stereocenters. The lowest BCUT2D eigenvalue weighted by atomic mass is 10.0. The van der Waals surface area contributed by atoms with Crippen LogP contribution in [0.25, 0.3) is 11.3 Å². The minimum Gasteiger partial charge on any atom is -0.495 e. The average Bonchev–Trinajstić information content (AvgIpc) is 3.15. The Morgan fingerprint density at radius 1 is 1.12 bits per heavy atom. The third-order valence-electron chi connectivity index (χ3n) is 6.08. The standard InChI is InChI=1S/C25H23F3N4O2/c1-15-12-32(14-29-15)21-6-5-17(10-22(21)33-2)16-4-3-7-31-13-23(34-30-24(31)11-16)18-8-19(26)25(28)20(27)9-18/h5-6,8-12,14,23H,3-4,7,13H2,1-2H3/t23-/m1/s1. The van der Waals surface area contributed by atoms with Gasteiger partial charge in [0.1, 0.15) is 5.75 Å². The largest absolute Gasteiger partial charge is 0.495 e. The van der Waals surface area contributed by atoms with Crippen LogP contribution in [0.3, 0.4) is 0 Å². The molecule has 0 bridgehead atoms. The number of amidine groups is 1. The Hall–Kier alpha value is -3.75. The molecular weight excluding hydrogens is 445 g/mol. The second kappa shape index (κ2) is 8.89. The highest BCUT2D eigenvalue weighted by Gasteiger charge is 2.28. The summed E-state index contributed by atoms with van der Waals surface area (Å²) in [6.07, 6.45) is 6.62. The number of hydrogen-bond acceptors (Lipinski definition) is 5. The van der Waals surface area contributed by atoms with E-state index in [9.17, 15) is 13.2 Å². The van der Waals surface area contributed by atoms with E-state index in [1.54, 1.807) is 13.4 Å². The zero-order valence-electron chi connectivity index (χ0n) is 18.8. The maximum absolute atomic E-state index is 13.7. The summed E-state index contributed by atoms with van der Waals surface area (Å²) in [5, 5.41) is 4.22.